The number of nitrogens with one attached hydrogen (secondary N) is 2. The Bertz CT molecular complexity index is 814. The molecule has 1 fully saturated rings. The van der Waals surface area contributed by atoms with Crippen molar-refractivity contribution in [3.8, 4) is 5.75 Å². The van der Waals surface area contributed by atoms with E-state index < -0.39 is 0 Å². The minimum atomic E-state index is -0.189. The SMILES string of the molecule is CC1CC(NC(=O)c2cc3c(O)cccc3[nH]2)CCN1C(=O)CN(C)C. The number of fused-ring (bicyclic) bond motifs is 1. The van der Waals surface area contributed by atoms with Crippen LogP contribution in [0.3, 0.4) is 0 Å². The van der Waals surface area contributed by atoms with Gasteiger partial charge in [-0.25, -0.2) is 0 Å². The Kier molecular flexibility index (Phi) is 5.18. The monoisotopic (exact) mass is 358 g/mol. The van der Waals surface area contributed by atoms with E-state index in [4.69, 9.17) is 0 Å². The van der Waals surface area contributed by atoms with Gasteiger partial charge in [0.15, 0.2) is 0 Å². The van der Waals surface area contributed by atoms with Crippen LogP contribution in [0.5, 0.6) is 5.75 Å². The summed E-state index contributed by atoms with van der Waals surface area (Å²) < 4.78 is 0. The van der Waals surface area contributed by atoms with Gasteiger partial charge in [-0.1, -0.05) is 6.07 Å². The maximum absolute atomic E-state index is 12.6. The molecule has 1 aliphatic heterocycles. The maximum atomic E-state index is 12.6. The van der Waals surface area contributed by atoms with Crippen molar-refractivity contribution in [2.24, 2.45) is 0 Å². The van der Waals surface area contributed by atoms with Gasteiger partial charge in [-0.2, -0.15) is 0 Å². The van der Waals surface area contributed by atoms with Crippen LogP contribution in [-0.4, -0.2) is 71.0 Å². The molecule has 7 nitrogen and oxygen atoms in total. The third-order valence-electron chi connectivity index (χ3n) is 4.87. The normalized spacial score (nSPS) is 20.5. The maximum Gasteiger partial charge on any atom is 0.267 e. The van der Waals surface area contributed by atoms with Gasteiger partial charge in [-0.05, 0) is 52.1 Å². The van der Waals surface area contributed by atoms with Crippen molar-refractivity contribution in [1.82, 2.24) is 20.1 Å². The molecule has 2 unspecified atom stereocenters. The van der Waals surface area contributed by atoms with Gasteiger partial charge in [0, 0.05) is 29.5 Å². The van der Waals surface area contributed by atoms with E-state index in [2.05, 4.69) is 10.3 Å². The fourth-order valence-electron chi connectivity index (χ4n) is 3.56. The molecular weight excluding hydrogens is 332 g/mol. The van der Waals surface area contributed by atoms with Crippen molar-refractivity contribution in [3.63, 3.8) is 0 Å². The largest absolute Gasteiger partial charge is 0.507 e. The first-order chi connectivity index (χ1) is 12.3. The Balaban J connectivity index is 1.62. The molecule has 2 amide bonds. The minimum Gasteiger partial charge on any atom is -0.507 e. The second kappa shape index (κ2) is 7.37. The molecule has 26 heavy (non-hydrogen) atoms. The quantitative estimate of drug-likeness (QED) is 0.774. The van der Waals surface area contributed by atoms with Crippen molar-refractivity contribution < 1.29 is 14.7 Å². The number of benzene rings is 1. The van der Waals surface area contributed by atoms with E-state index in [0.717, 1.165) is 18.4 Å². The molecule has 7 heteroatoms. The van der Waals surface area contributed by atoms with Crippen LogP contribution in [0, 0.1) is 0 Å². The second-order valence-electron chi connectivity index (χ2n) is 7.29. The Hall–Kier alpha value is -2.54. The summed E-state index contributed by atoms with van der Waals surface area (Å²) in [5.41, 5.74) is 1.16. The number of likely N-dealkylation sites (N-methyl/N-ethyl adjacent to an activating group) is 1. The summed E-state index contributed by atoms with van der Waals surface area (Å²) in [6.45, 7) is 3.07. The molecule has 140 valence electrons. The number of phenolic OH excluding ortho intramolecular Hbond substituents is 1. The van der Waals surface area contributed by atoms with Crippen LogP contribution in [-0.2, 0) is 4.79 Å². The molecule has 1 aromatic heterocycles. The summed E-state index contributed by atoms with van der Waals surface area (Å²) >= 11 is 0. The summed E-state index contributed by atoms with van der Waals surface area (Å²) in [5.74, 6) is 0.0865. The summed E-state index contributed by atoms with van der Waals surface area (Å²) in [4.78, 5) is 31.6. The van der Waals surface area contributed by atoms with Gasteiger partial charge in [0.25, 0.3) is 5.91 Å². The zero-order chi connectivity index (χ0) is 18.8. The van der Waals surface area contributed by atoms with E-state index >= 15 is 0 Å². The van der Waals surface area contributed by atoms with Gasteiger partial charge in [0.1, 0.15) is 11.4 Å². The topological polar surface area (TPSA) is 88.7 Å². The van der Waals surface area contributed by atoms with Crippen molar-refractivity contribution >= 4 is 22.7 Å². The van der Waals surface area contributed by atoms with Crippen LogP contribution in [0.2, 0.25) is 0 Å². The van der Waals surface area contributed by atoms with Crippen molar-refractivity contribution in [1.29, 1.82) is 0 Å². The van der Waals surface area contributed by atoms with Gasteiger partial charge in [0.2, 0.25) is 5.91 Å². The number of H-pyrrole nitrogens is 1. The molecule has 1 saturated heterocycles. The molecule has 2 aromatic rings. The predicted octanol–water partition coefficient (Wildman–Crippen LogP) is 1.54. The summed E-state index contributed by atoms with van der Waals surface area (Å²) in [6.07, 6.45) is 1.47. The first-order valence-electron chi connectivity index (χ1n) is 8.91. The number of likely N-dealkylation sites (tertiary alicyclic amines) is 1. The number of carbonyl (C=O) groups excluding carboxylic acids is 2. The number of nitrogens with zero attached hydrogens (tertiary/aromatic N) is 2. The minimum absolute atomic E-state index is 0.0286. The van der Waals surface area contributed by atoms with E-state index in [1.807, 2.05) is 36.9 Å². The Morgan fingerprint density at radius 2 is 2.15 bits per heavy atom. The van der Waals surface area contributed by atoms with E-state index in [-0.39, 0.29) is 29.6 Å². The molecule has 3 N–H and O–H groups in total. The predicted molar refractivity (Wildman–Crippen MR) is 100 cm³/mol. The van der Waals surface area contributed by atoms with E-state index in [9.17, 15) is 14.7 Å². The molecule has 0 saturated carbocycles. The highest BCUT2D eigenvalue weighted by atomic mass is 16.3. The number of piperidine rings is 1. The van der Waals surface area contributed by atoms with Crippen molar-refractivity contribution in [2.45, 2.75) is 31.8 Å². The highest BCUT2D eigenvalue weighted by Gasteiger charge is 2.30. The highest BCUT2D eigenvalue weighted by molar-refractivity contribution is 5.99. The molecule has 0 bridgehead atoms. The average molecular weight is 358 g/mol. The van der Waals surface area contributed by atoms with Gasteiger partial charge < -0.3 is 25.2 Å². The lowest BCUT2D eigenvalue weighted by Crippen LogP contribution is -2.52. The van der Waals surface area contributed by atoms with Gasteiger partial charge in [-0.15, -0.1) is 0 Å². The molecule has 2 atom stereocenters. The first-order valence-corrected chi connectivity index (χ1v) is 8.91. The van der Waals surface area contributed by atoms with E-state index in [0.29, 0.717) is 24.2 Å². The summed E-state index contributed by atoms with van der Waals surface area (Å²) in [7, 11) is 3.77. The van der Waals surface area contributed by atoms with Gasteiger partial charge >= 0.3 is 0 Å². The lowest BCUT2D eigenvalue weighted by atomic mass is 9.98. The summed E-state index contributed by atoms with van der Waals surface area (Å²) in [6, 6.07) is 6.94. The number of carbonyl (C=O) groups is 2. The molecule has 1 aliphatic rings. The molecule has 0 aliphatic carbocycles. The van der Waals surface area contributed by atoms with E-state index in [1.54, 1.807) is 18.2 Å². The fraction of sp³-hybridized carbons (Fsp3) is 0.474. The smallest absolute Gasteiger partial charge is 0.267 e. The van der Waals surface area contributed by atoms with Crippen LogP contribution in [0.25, 0.3) is 10.9 Å². The Morgan fingerprint density at radius 3 is 2.81 bits per heavy atom. The second-order valence-corrected chi connectivity index (χ2v) is 7.29. The standard InChI is InChI=1S/C19H26N4O3/c1-12-9-13(7-8-23(12)18(25)11-22(2)3)20-19(26)16-10-14-15(21-16)5-4-6-17(14)24/h4-6,10,12-13,21,24H,7-9,11H2,1-3H3,(H,20,26). The number of hydrogen-bond acceptors (Lipinski definition) is 4. The zero-order valence-corrected chi connectivity index (χ0v) is 15.5. The Morgan fingerprint density at radius 1 is 1.38 bits per heavy atom. The first kappa shape index (κ1) is 18.3. The highest BCUT2D eigenvalue weighted by Crippen LogP contribution is 2.25. The molecule has 3 rings (SSSR count). The van der Waals surface area contributed by atoms with Gasteiger partial charge in [0.05, 0.1) is 6.54 Å². The molecule has 0 radical (unpaired) electrons. The van der Waals surface area contributed by atoms with Crippen LogP contribution in [0.4, 0.5) is 0 Å². The lowest BCUT2D eigenvalue weighted by molar-refractivity contribution is -0.135. The van der Waals surface area contributed by atoms with Crippen molar-refractivity contribution in [3.05, 3.63) is 30.0 Å². The number of phenols is 1. The third-order valence-corrected chi connectivity index (χ3v) is 4.87. The van der Waals surface area contributed by atoms with Crippen LogP contribution < -0.4 is 5.32 Å². The molecule has 0 spiro atoms. The van der Waals surface area contributed by atoms with Crippen LogP contribution >= 0.6 is 0 Å². The fourth-order valence-corrected chi connectivity index (χ4v) is 3.56. The van der Waals surface area contributed by atoms with Crippen molar-refractivity contribution in [2.75, 3.05) is 27.2 Å². The number of amides is 2. The summed E-state index contributed by atoms with van der Waals surface area (Å²) in [5, 5.41) is 13.6. The Labute approximate surface area is 153 Å². The molecular formula is C19H26N4O3. The van der Waals surface area contributed by atoms with Crippen LogP contribution in [0.1, 0.15) is 30.3 Å². The molecule has 1 aromatic carbocycles. The third kappa shape index (κ3) is 3.83. The number of rotatable bonds is 4. The number of aromatic hydroxyl groups is 1. The van der Waals surface area contributed by atoms with Gasteiger partial charge in [-0.3, -0.25) is 9.59 Å². The number of aromatic amines is 1. The average Bonchev–Trinajstić information content (AvgIpc) is 3.00. The van der Waals surface area contributed by atoms with Crippen LogP contribution in [0.15, 0.2) is 24.3 Å². The zero-order valence-electron chi connectivity index (χ0n) is 15.5. The lowest BCUT2D eigenvalue weighted by Gasteiger charge is -2.38. The number of hydrogen-bond donors (Lipinski definition) is 3. The van der Waals surface area contributed by atoms with E-state index in [1.165, 1.54) is 0 Å². The number of aromatic nitrogens is 1. The molecule has 2 heterocycles.